The van der Waals surface area contributed by atoms with Gasteiger partial charge in [-0.05, 0) is 50.0 Å². The molecule has 3 rings (SSSR count). The summed E-state index contributed by atoms with van der Waals surface area (Å²) in [5.41, 5.74) is 11.1. The minimum atomic E-state index is 0.0456. The van der Waals surface area contributed by atoms with Crippen molar-refractivity contribution >= 4 is 5.91 Å². The summed E-state index contributed by atoms with van der Waals surface area (Å²) in [5, 5.41) is 2.05. The molecule has 0 aromatic heterocycles. The Bertz CT molecular complexity index is 474. The van der Waals surface area contributed by atoms with Gasteiger partial charge in [0.15, 0.2) is 0 Å². The highest BCUT2D eigenvalue weighted by Crippen LogP contribution is 2.32. The number of nitrogens with one attached hydrogen (secondary N) is 1. The molecule has 1 amide bonds. The smallest absolute Gasteiger partial charge is 0.219 e. The number of nitrogens with zero attached hydrogens (tertiary/aromatic N) is 2. The predicted molar refractivity (Wildman–Crippen MR) is 93.9 cm³/mol. The summed E-state index contributed by atoms with van der Waals surface area (Å²) in [6, 6.07) is 0.0913. The van der Waals surface area contributed by atoms with E-state index in [4.69, 9.17) is 10.5 Å². The first kappa shape index (κ1) is 17.7. The van der Waals surface area contributed by atoms with Crippen LogP contribution in [-0.4, -0.2) is 60.7 Å². The average Bonchev–Trinajstić information content (AvgIpc) is 3.00. The second-order valence-electron chi connectivity index (χ2n) is 7.54. The van der Waals surface area contributed by atoms with Crippen LogP contribution in [0.2, 0.25) is 0 Å². The van der Waals surface area contributed by atoms with Crippen molar-refractivity contribution in [3.05, 3.63) is 11.8 Å². The second-order valence-corrected chi connectivity index (χ2v) is 7.54. The highest BCUT2D eigenvalue weighted by atomic mass is 16.5. The third-order valence-corrected chi connectivity index (χ3v) is 5.83. The Morgan fingerprint density at radius 1 is 1.33 bits per heavy atom. The van der Waals surface area contributed by atoms with Gasteiger partial charge in [-0.15, -0.1) is 0 Å². The maximum atomic E-state index is 11.8. The second kappa shape index (κ2) is 7.85. The minimum Gasteiger partial charge on any atom is -0.376 e. The van der Waals surface area contributed by atoms with Crippen LogP contribution >= 0.6 is 0 Å². The Morgan fingerprint density at radius 2 is 2.08 bits per heavy atom. The maximum Gasteiger partial charge on any atom is 0.219 e. The largest absolute Gasteiger partial charge is 0.376 e. The van der Waals surface area contributed by atoms with Crippen molar-refractivity contribution in [2.24, 2.45) is 11.7 Å². The molecule has 24 heavy (non-hydrogen) atoms. The van der Waals surface area contributed by atoms with E-state index in [1.54, 1.807) is 6.92 Å². The molecule has 1 aliphatic carbocycles. The number of amides is 1. The third kappa shape index (κ3) is 4.10. The summed E-state index contributed by atoms with van der Waals surface area (Å²) in [4.78, 5) is 13.7. The lowest BCUT2D eigenvalue weighted by Crippen LogP contribution is -2.56. The fourth-order valence-corrected chi connectivity index (χ4v) is 4.33. The van der Waals surface area contributed by atoms with Crippen LogP contribution in [-0.2, 0) is 9.53 Å². The zero-order valence-corrected chi connectivity index (χ0v) is 15.0. The number of hydrogen-bond donors (Lipinski definition) is 2. The van der Waals surface area contributed by atoms with Gasteiger partial charge in [0.05, 0.1) is 18.8 Å². The number of likely N-dealkylation sites (tertiary alicyclic amines) is 1. The molecular formula is C18H32N4O2. The molecule has 6 heteroatoms. The first-order chi connectivity index (χ1) is 11.5. The number of carbonyl (C=O) groups excluding carboxylic acids is 1. The van der Waals surface area contributed by atoms with Crippen LogP contribution in [0.3, 0.4) is 0 Å². The molecule has 1 saturated carbocycles. The van der Waals surface area contributed by atoms with Gasteiger partial charge in [-0.25, -0.2) is 5.43 Å². The van der Waals surface area contributed by atoms with Crippen LogP contribution in [0.4, 0.5) is 0 Å². The number of piperidine rings is 1. The van der Waals surface area contributed by atoms with Crippen LogP contribution in [0.15, 0.2) is 11.8 Å². The summed E-state index contributed by atoms with van der Waals surface area (Å²) in [5.74, 6) is 0.806. The molecule has 0 radical (unpaired) electrons. The first-order valence-electron chi connectivity index (χ1n) is 9.36. The van der Waals surface area contributed by atoms with Crippen LogP contribution in [0, 0.1) is 5.92 Å². The molecule has 3 N–H and O–H groups in total. The number of carbonyl (C=O) groups is 1. The van der Waals surface area contributed by atoms with Gasteiger partial charge < -0.3 is 20.4 Å². The van der Waals surface area contributed by atoms with Crippen LogP contribution < -0.4 is 11.2 Å². The standard InChI is InChI=1S/C18H32N4O2/c1-13(23)22-9-3-4-17(19)18(22)12-24-16-7-5-14(6-8-16)15-10-20-21(2)11-15/h11,14,16-18,20H,3-10,12,19H2,1-2H3. The van der Waals surface area contributed by atoms with Crippen molar-refractivity contribution in [2.75, 3.05) is 26.7 Å². The Kier molecular flexibility index (Phi) is 5.79. The molecule has 2 heterocycles. The van der Waals surface area contributed by atoms with E-state index in [1.165, 1.54) is 18.4 Å². The van der Waals surface area contributed by atoms with Crippen LogP contribution in [0.1, 0.15) is 45.4 Å². The highest BCUT2D eigenvalue weighted by molar-refractivity contribution is 5.73. The molecule has 136 valence electrons. The molecule has 0 spiro atoms. The Labute approximate surface area is 145 Å². The lowest BCUT2D eigenvalue weighted by Gasteiger charge is -2.40. The summed E-state index contributed by atoms with van der Waals surface area (Å²) in [6.45, 7) is 4.02. The van der Waals surface area contributed by atoms with Gasteiger partial charge in [0, 0.05) is 39.3 Å². The molecule has 0 aromatic carbocycles. The Morgan fingerprint density at radius 3 is 2.71 bits per heavy atom. The van der Waals surface area contributed by atoms with Gasteiger partial charge in [-0.3, -0.25) is 4.79 Å². The van der Waals surface area contributed by atoms with Gasteiger partial charge in [-0.2, -0.15) is 0 Å². The monoisotopic (exact) mass is 336 g/mol. The fourth-order valence-electron chi connectivity index (χ4n) is 4.33. The lowest BCUT2D eigenvalue weighted by atomic mass is 9.83. The quantitative estimate of drug-likeness (QED) is 0.808. The van der Waals surface area contributed by atoms with Gasteiger partial charge in [0.25, 0.3) is 0 Å². The maximum absolute atomic E-state index is 11.8. The number of nitrogens with two attached hydrogens (primary N) is 1. The molecule has 2 aliphatic heterocycles. The Hall–Kier alpha value is -1.11. The van der Waals surface area contributed by atoms with E-state index in [0.29, 0.717) is 18.6 Å². The summed E-state index contributed by atoms with van der Waals surface area (Å²) >= 11 is 0. The van der Waals surface area contributed by atoms with E-state index in [2.05, 4.69) is 23.7 Å². The number of hydrogen-bond acceptors (Lipinski definition) is 5. The minimum absolute atomic E-state index is 0.0456. The number of hydrazine groups is 1. The first-order valence-corrected chi connectivity index (χ1v) is 9.36. The van der Waals surface area contributed by atoms with E-state index in [-0.39, 0.29) is 18.0 Å². The number of rotatable bonds is 4. The Balaban J connectivity index is 1.46. The fraction of sp³-hybridized carbons (Fsp3) is 0.833. The third-order valence-electron chi connectivity index (χ3n) is 5.83. The summed E-state index contributed by atoms with van der Waals surface area (Å²) in [7, 11) is 2.05. The van der Waals surface area contributed by atoms with Gasteiger partial charge in [-0.1, -0.05) is 0 Å². The van der Waals surface area contributed by atoms with Crippen molar-refractivity contribution < 1.29 is 9.53 Å². The topological polar surface area (TPSA) is 70.8 Å². The van der Waals surface area contributed by atoms with Crippen molar-refractivity contribution in [1.82, 2.24) is 15.3 Å². The van der Waals surface area contributed by atoms with E-state index in [1.807, 2.05) is 4.90 Å². The highest BCUT2D eigenvalue weighted by Gasteiger charge is 2.32. The van der Waals surface area contributed by atoms with Crippen molar-refractivity contribution in [3.8, 4) is 0 Å². The van der Waals surface area contributed by atoms with Crippen molar-refractivity contribution in [3.63, 3.8) is 0 Å². The van der Waals surface area contributed by atoms with Crippen LogP contribution in [0.5, 0.6) is 0 Å². The lowest BCUT2D eigenvalue weighted by molar-refractivity contribution is -0.135. The molecule has 0 aromatic rings. The SMILES string of the molecule is CC(=O)N1CCCC(N)C1COC1CCC(C2=CN(C)NC2)CC1. The summed E-state index contributed by atoms with van der Waals surface area (Å²) < 4.78 is 6.19. The van der Waals surface area contributed by atoms with E-state index >= 15 is 0 Å². The molecule has 2 atom stereocenters. The zero-order valence-electron chi connectivity index (χ0n) is 15.0. The summed E-state index contributed by atoms with van der Waals surface area (Å²) in [6.07, 6.45) is 9.13. The van der Waals surface area contributed by atoms with E-state index in [0.717, 1.165) is 38.8 Å². The van der Waals surface area contributed by atoms with Gasteiger partial charge >= 0.3 is 0 Å². The molecule has 2 unspecified atom stereocenters. The van der Waals surface area contributed by atoms with Gasteiger partial charge in [0.2, 0.25) is 5.91 Å². The molecule has 3 aliphatic rings. The van der Waals surface area contributed by atoms with E-state index < -0.39 is 0 Å². The van der Waals surface area contributed by atoms with Crippen LogP contribution in [0.25, 0.3) is 0 Å². The van der Waals surface area contributed by atoms with E-state index in [9.17, 15) is 4.79 Å². The molecule has 1 saturated heterocycles. The molecule has 0 bridgehead atoms. The average molecular weight is 336 g/mol. The molecular weight excluding hydrogens is 304 g/mol. The molecule has 6 nitrogen and oxygen atoms in total. The van der Waals surface area contributed by atoms with Crippen molar-refractivity contribution in [2.45, 2.75) is 63.6 Å². The number of ether oxygens (including phenoxy) is 1. The predicted octanol–water partition coefficient (Wildman–Crippen LogP) is 1.23. The zero-order chi connectivity index (χ0) is 17.1. The van der Waals surface area contributed by atoms with Gasteiger partial charge in [0.1, 0.15) is 0 Å². The van der Waals surface area contributed by atoms with Crippen molar-refractivity contribution in [1.29, 1.82) is 0 Å². The molecule has 2 fully saturated rings. The normalized spacial score (nSPS) is 34.4.